The zero-order valence-corrected chi connectivity index (χ0v) is 12.4. The van der Waals surface area contributed by atoms with Crippen molar-refractivity contribution in [2.45, 2.75) is 4.90 Å². The molecule has 3 N–H and O–H groups in total. The average Bonchev–Trinajstić information content (AvgIpc) is 2.89. The summed E-state index contributed by atoms with van der Waals surface area (Å²) in [4.78, 5) is 11.8. The zero-order chi connectivity index (χ0) is 16.6. The summed E-state index contributed by atoms with van der Waals surface area (Å²) < 4.78 is 41.7. The van der Waals surface area contributed by atoms with Gasteiger partial charge < -0.3 is 0 Å². The highest BCUT2D eigenvalue weighted by atomic mass is 32.2. The van der Waals surface area contributed by atoms with E-state index in [0.717, 1.165) is 0 Å². The topological polar surface area (TPSA) is 110 Å². The molecule has 7 nitrogen and oxygen atoms in total. The van der Waals surface area contributed by atoms with E-state index in [0.29, 0.717) is 11.3 Å². The van der Waals surface area contributed by atoms with E-state index in [2.05, 4.69) is 5.27 Å². The van der Waals surface area contributed by atoms with Crippen molar-refractivity contribution in [1.82, 2.24) is 5.27 Å². The Hall–Kier alpha value is -2.78. The van der Waals surface area contributed by atoms with Crippen LogP contribution in [0.5, 0.6) is 0 Å². The number of rotatable bonds is 3. The number of H-pyrrole nitrogens is 1. The van der Waals surface area contributed by atoms with E-state index in [-0.39, 0.29) is 10.6 Å². The first-order valence-corrected chi connectivity index (χ1v) is 7.93. The molecule has 118 valence electrons. The van der Waals surface area contributed by atoms with Crippen molar-refractivity contribution in [1.29, 1.82) is 0 Å². The zero-order valence-electron chi connectivity index (χ0n) is 11.6. The Balaban J connectivity index is 2.12. The van der Waals surface area contributed by atoms with Crippen molar-refractivity contribution in [3.63, 3.8) is 0 Å². The van der Waals surface area contributed by atoms with Crippen molar-refractivity contribution in [3.8, 4) is 16.9 Å². The summed E-state index contributed by atoms with van der Waals surface area (Å²) in [5.41, 5.74) is 0.389. The van der Waals surface area contributed by atoms with Crippen LogP contribution in [-0.2, 0) is 10.0 Å². The third-order valence-corrected chi connectivity index (χ3v) is 4.12. The second kappa shape index (κ2) is 5.45. The second-order valence-corrected chi connectivity index (χ2v) is 6.27. The van der Waals surface area contributed by atoms with Crippen molar-refractivity contribution in [2.24, 2.45) is 5.14 Å². The van der Waals surface area contributed by atoms with Crippen LogP contribution in [0.1, 0.15) is 0 Å². The highest BCUT2D eigenvalue weighted by Crippen LogP contribution is 2.15. The van der Waals surface area contributed by atoms with Gasteiger partial charge in [0, 0.05) is 12.1 Å². The first-order chi connectivity index (χ1) is 10.9. The lowest BCUT2D eigenvalue weighted by Crippen LogP contribution is -2.36. The number of aromatic amines is 1. The van der Waals surface area contributed by atoms with Gasteiger partial charge in [-0.3, -0.25) is 4.52 Å². The number of nitrogens with zero attached hydrogens (tertiary/aromatic N) is 1. The van der Waals surface area contributed by atoms with Gasteiger partial charge in [0.2, 0.25) is 15.7 Å². The summed E-state index contributed by atoms with van der Waals surface area (Å²) in [5.74, 6) is -0.433. The molecule has 0 bridgehead atoms. The van der Waals surface area contributed by atoms with Crippen LogP contribution in [0.4, 0.5) is 4.39 Å². The third kappa shape index (κ3) is 2.91. The first-order valence-electron chi connectivity index (χ1n) is 6.39. The molecule has 0 aliphatic rings. The van der Waals surface area contributed by atoms with Gasteiger partial charge >= 0.3 is 11.3 Å². The molecule has 0 spiro atoms. The Labute approximate surface area is 129 Å². The molecule has 0 saturated carbocycles. The van der Waals surface area contributed by atoms with Crippen molar-refractivity contribution in [3.05, 3.63) is 64.8 Å². The largest absolute Gasteiger partial charge is 0.435 e. The minimum atomic E-state index is -3.81. The van der Waals surface area contributed by atoms with E-state index in [9.17, 15) is 17.6 Å². The Bertz CT molecular complexity index is 1010. The third-order valence-electron chi connectivity index (χ3n) is 3.19. The second-order valence-electron chi connectivity index (χ2n) is 4.71. The molecule has 23 heavy (non-hydrogen) atoms. The number of nitrogens with two attached hydrogens (primary N) is 1. The lowest BCUT2D eigenvalue weighted by Gasteiger charge is -1.98. The summed E-state index contributed by atoms with van der Waals surface area (Å²) in [6, 6.07) is 10.8. The van der Waals surface area contributed by atoms with Gasteiger partial charge in [-0.2, -0.15) is 0 Å². The van der Waals surface area contributed by atoms with Gasteiger partial charge in [-0.25, -0.2) is 22.7 Å². The van der Waals surface area contributed by atoms with Crippen molar-refractivity contribution < 1.29 is 22.0 Å². The molecule has 0 unspecified atom stereocenters. The van der Waals surface area contributed by atoms with E-state index in [1.54, 1.807) is 0 Å². The van der Waals surface area contributed by atoms with Crippen LogP contribution < -0.4 is 15.4 Å². The maximum Gasteiger partial charge on any atom is 0.435 e. The molecule has 0 saturated heterocycles. The number of benzene rings is 2. The van der Waals surface area contributed by atoms with Crippen LogP contribution in [0.15, 0.2) is 62.7 Å². The number of primary sulfonamides is 1. The fourth-order valence-electron chi connectivity index (χ4n) is 2.09. The molecule has 0 amide bonds. The minimum Gasteiger partial charge on any atom is -0.282 e. The maximum absolute atomic E-state index is 13.0. The van der Waals surface area contributed by atoms with Crippen molar-refractivity contribution >= 4 is 10.0 Å². The number of halogens is 1. The van der Waals surface area contributed by atoms with Gasteiger partial charge in [-0.15, -0.1) is 0 Å². The van der Waals surface area contributed by atoms with Gasteiger partial charge in [0.1, 0.15) is 5.82 Å². The van der Waals surface area contributed by atoms with Gasteiger partial charge in [-0.1, -0.05) is 0 Å². The van der Waals surface area contributed by atoms with Gasteiger partial charge in [0.05, 0.1) is 10.5 Å². The van der Waals surface area contributed by atoms with Crippen LogP contribution in [0.25, 0.3) is 16.9 Å². The van der Waals surface area contributed by atoms with E-state index < -0.39 is 21.5 Å². The van der Waals surface area contributed by atoms with Crippen LogP contribution in [0.3, 0.4) is 0 Å². The van der Waals surface area contributed by atoms with Crippen LogP contribution in [0, 0.1) is 5.82 Å². The predicted octanol–water partition coefficient (Wildman–Crippen LogP) is 0.698. The standard InChI is InChI=1S/C14H10FN3O4S/c15-10-3-1-9(2-4-10)13-14(19)22-17-18(13)11-5-7-12(8-6-11)23(16,20)21/h1-8H,(H2-,16,17,19,20,21)/p+1. The lowest BCUT2D eigenvalue weighted by atomic mass is 10.1. The molecular formula is C14H11FN3O4S+. The molecule has 3 aromatic rings. The van der Waals surface area contributed by atoms with E-state index in [4.69, 9.17) is 9.66 Å². The van der Waals surface area contributed by atoms with Crippen molar-refractivity contribution in [2.75, 3.05) is 0 Å². The normalized spacial score (nSPS) is 11.6. The molecule has 1 heterocycles. The summed E-state index contributed by atoms with van der Waals surface area (Å²) in [6.45, 7) is 0. The van der Waals surface area contributed by atoms with Crippen LogP contribution in [-0.4, -0.2) is 13.7 Å². The Morgan fingerprint density at radius 3 is 2.22 bits per heavy atom. The molecule has 0 fully saturated rings. The molecule has 3 rings (SSSR count). The molecule has 0 aliphatic carbocycles. The molecule has 0 atom stereocenters. The summed E-state index contributed by atoms with van der Waals surface area (Å²) in [5, 5.41) is 7.45. The van der Waals surface area contributed by atoms with E-state index in [1.807, 2.05) is 0 Å². The Morgan fingerprint density at radius 2 is 1.65 bits per heavy atom. The highest BCUT2D eigenvalue weighted by molar-refractivity contribution is 7.89. The smallest absolute Gasteiger partial charge is 0.282 e. The Kier molecular flexibility index (Phi) is 3.58. The van der Waals surface area contributed by atoms with E-state index in [1.165, 1.54) is 53.2 Å². The van der Waals surface area contributed by atoms with Crippen LogP contribution in [0.2, 0.25) is 0 Å². The molecule has 0 radical (unpaired) electrons. The number of hydrogen-bond acceptors (Lipinski definition) is 4. The Morgan fingerprint density at radius 1 is 1.04 bits per heavy atom. The fourth-order valence-corrected chi connectivity index (χ4v) is 2.61. The number of hydrogen-bond donors (Lipinski definition) is 2. The number of aromatic nitrogens is 2. The van der Waals surface area contributed by atoms with E-state index >= 15 is 0 Å². The summed E-state index contributed by atoms with van der Waals surface area (Å²) in [7, 11) is -3.81. The van der Waals surface area contributed by atoms with Gasteiger partial charge in [0.25, 0.3) is 0 Å². The summed E-state index contributed by atoms with van der Waals surface area (Å²) in [6.07, 6.45) is 0. The first kappa shape index (κ1) is 15.1. The molecule has 2 aromatic carbocycles. The maximum atomic E-state index is 13.0. The SMILES string of the molecule is NS(=O)(=O)c1ccc(-[n+]2[nH]oc(=O)c2-c2ccc(F)cc2)cc1. The summed E-state index contributed by atoms with van der Waals surface area (Å²) >= 11 is 0. The number of nitrogens with one attached hydrogen (secondary N) is 1. The van der Waals surface area contributed by atoms with Crippen LogP contribution >= 0.6 is 0 Å². The average molecular weight is 336 g/mol. The molecule has 9 heteroatoms. The lowest BCUT2D eigenvalue weighted by molar-refractivity contribution is -0.660. The number of sulfonamides is 1. The molecule has 0 aliphatic heterocycles. The highest BCUT2D eigenvalue weighted by Gasteiger charge is 2.25. The fraction of sp³-hybridized carbons (Fsp3) is 0. The minimum absolute atomic E-state index is 0.0592. The molecular weight excluding hydrogens is 325 g/mol. The quantitative estimate of drug-likeness (QED) is 0.686. The van der Waals surface area contributed by atoms with Gasteiger partial charge in [0.15, 0.2) is 0 Å². The monoisotopic (exact) mass is 336 g/mol. The van der Waals surface area contributed by atoms with Gasteiger partial charge in [-0.05, 0) is 46.4 Å². The predicted molar refractivity (Wildman–Crippen MR) is 77.6 cm³/mol. The molecule has 1 aromatic heterocycles.